The highest BCUT2D eigenvalue weighted by atomic mass is 32.2. The summed E-state index contributed by atoms with van der Waals surface area (Å²) < 4.78 is 0.454. The highest BCUT2D eigenvalue weighted by Gasteiger charge is 2.21. The number of thiocarbonyl (C=S) groups is 1. The van der Waals surface area contributed by atoms with E-state index >= 15 is 0 Å². The lowest BCUT2D eigenvalue weighted by Crippen LogP contribution is -2.21. The molecular formula is C13H11N3O4S3. The summed E-state index contributed by atoms with van der Waals surface area (Å²) in [5, 5.41) is 23.8. The number of hydrogen-bond acceptors (Lipinski definition) is 7. The first kappa shape index (κ1) is 17.3. The van der Waals surface area contributed by atoms with Crippen LogP contribution in [0.15, 0.2) is 40.6 Å². The average molecular weight is 369 g/mol. The third-order valence-electron chi connectivity index (χ3n) is 2.83. The van der Waals surface area contributed by atoms with Crippen LogP contribution in [-0.2, 0) is 6.54 Å². The maximum Gasteiger partial charge on any atom is 0.290 e. The Morgan fingerprint density at radius 2 is 2.04 bits per heavy atom. The van der Waals surface area contributed by atoms with E-state index in [1.807, 2.05) is 17.5 Å². The molecule has 0 fully saturated rings. The number of benzene rings is 1. The predicted octanol–water partition coefficient (Wildman–Crippen LogP) is 4.07. The molecule has 10 heteroatoms. The van der Waals surface area contributed by atoms with Crippen LogP contribution in [0.4, 0.5) is 11.4 Å². The molecule has 2 aromatic rings. The molecule has 0 N–H and O–H groups in total. The standard InChI is InChI=1S/C13H11N3O4S3/c1-14(8-10-3-2-6-22-10)13(21)23-12-5-4-9(15(17)18)7-11(12)16(19)20/h2-7H,8H2,1H3. The average Bonchev–Trinajstić information content (AvgIpc) is 2.99. The number of nitro groups is 2. The molecule has 0 aliphatic rings. The molecule has 2 rings (SSSR count). The summed E-state index contributed by atoms with van der Waals surface area (Å²) in [6, 6.07) is 7.45. The third kappa shape index (κ3) is 4.47. The molecule has 0 radical (unpaired) electrons. The van der Waals surface area contributed by atoms with E-state index in [9.17, 15) is 20.2 Å². The van der Waals surface area contributed by atoms with E-state index in [4.69, 9.17) is 12.2 Å². The Labute approximate surface area is 145 Å². The topological polar surface area (TPSA) is 89.5 Å². The summed E-state index contributed by atoms with van der Waals surface area (Å²) >= 11 is 7.94. The van der Waals surface area contributed by atoms with Crippen LogP contribution >= 0.6 is 35.3 Å². The molecule has 0 saturated heterocycles. The van der Waals surface area contributed by atoms with Crippen LogP contribution in [-0.4, -0.2) is 26.1 Å². The molecule has 1 aromatic heterocycles. The summed E-state index contributed by atoms with van der Waals surface area (Å²) in [6.45, 7) is 0.601. The number of rotatable bonds is 5. The van der Waals surface area contributed by atoms with Gasteiger partial charge in [0.05, 0.1) is 27.4 Å². The maximum absolute atomic E-state index is 11.1. The molecule has 0 aliphatic heterocycles. The lowest BCUT2D eigenvalue weighted by Gasteiger charge is -2.18. The molecule has 1 aromatic carbocycles. The number of hydrogen-bond donors (Lipinski definition) is 0. The van der Waals surface area contributed by atoms with Crippen LogP contribution in [0.2, 0.25) is 0 Å². The second-order valence-electron chi connectivity index (χ2n) is 4.47. The largest absolute Gasteiger partial charge is 0.355 e. The van der Waals surface area contributed by atoms with E-state index in [1.165, 1.54) is 12.1 Å². The quantitative estimate of drug-likeness (QED) is 0.339. The number of thioether (sulfide) groups is 1. The Balaban J connectivity index is 2.16. The minimum Gasteiger partial charge on any atom is -0.355 e. The Hall–Kier alpha value is -2.04. The zero-order valence-electron chi connectivity index (χ0n) is 11.9. The van der Waals surface area contributed by atoms with Crippen molar-refractivity contribution in [2.45, 2.75) is 11.4 Å². The second kappa shape index (κ2) is 7.49. The van der Waals surface area contributed by atoms with E-state index in [2.05, 4.69) is 0 Å². The fourth-order valence-corrected chi connectivity index (χ4v) is 3.59. The van der Waals surface area contributed by atoms with Gasteiger partial charge in [0.2, 0.25) is 0 Å². The molecule has 0 spiro atoms. The Kier molecular flexibility index (Phi) is 5.64. The minimum absolute atomic E-state index is 0.281. The van der Waals surface area contributed by atoms with Crippen molar-refractivity contribution >= 4 is 51.0 Å². The van der Waals surface area contributed by atoms with E-state index in [0.29, 0.717) is 10.9 Å². The van der Waals surface area contributed by atoms with Gasteiger partial charge in [0, 0.05) is 18.0 Å². The highest BCUT2D eigenvalue weighted by Crippen LogP contribution is 2.34. The smallest absolute Gasteiger partial charge is 0.290 e. The third-order valence-corrected chi connectivity index (χ3v) is 5.31. The van der Waals surface area contributed by atoms with Gasteiger partial charge in [-0.2, -0.15) is 0 Å². The molecule has 23 heavy (non-hydrogen) atoms. The molecule has 0 bridgehead atoms. The molecule has 0 aliphatic carbocycles. The minimum atomic E-state index is -0.664. The van der Waals surface area contributed by atoms with Crippen molar-refractivity contribution in [2.24, 2.45) is 0 Å². The fraction of sp³-hybridized carbons (Fsp3) is 0.154. The zero-order valence-corrected chi connectivity index (χ0v) is 14.3. The van der Waals surface area contributed by atoms with Gasteiger partial charge in [-0.3, -0.25) is 20.2 Å². The summed E-state index contributed by atoms with van der Waals surface area (Å²) in [5.74, 6) is 0. The van der Waals surface area contributed by atoms with Crippen molar-refractivity contribution in [2.75, 3.05) is 7.05 Å². The van der Waals surface area contributed by atoms with Crippen LogP contribution in [0.5, 0.6) is 0 Å². The van der Waals surface area contributed by atoms with Gasteiger partial charge in [0.25, 0.3) is 11.4 Å². The summed E-state index contributed by atoms with van der Waals surface area (Å²) in [6.07, 6.45) is 0. The Morgan fingerprint density at radius 3 is 2.61 bits per heavy atom. The van der Waals surface area contributed by atoms with Crippen molar-refractivity contribution in [3.05, 3.63) is 60.8 Å². The second-order valence-corrected chi connectivity index (χ2v) is 7.18. The van der Waals surface area contributed by atoms with Crippen LogP contribution in [0.25, 0.3) is 0 Å². The van der Waals surface area contributed by atoms with Gasteiger partial charge >= 0.3 is 0 Å². The summed E-state index contributed by atoms with van der Waals surface area (Å²) in [4.78, 5) is 23.8. The SMILES string of the molecule is CN(Cc1cccs1)C(=S)Sc1ccc([N+](=O)[O-])cc1[N+](=O)[O-]. The van der Waals surface area contributed by atoms with Crippen molar-refractivity contribution in [1.29, 1.82) is 0 Å². The summed E-state index contributed by atoms with van der Waals surface area (Å²) in [7, 11) is 1.80. The first-order valence-electron chi connectivity index (χ1n) is 6.26. The van der Waals surface area contributed by atoms with Gasteiger partial charge in [-0.1, -0.05) is 30.0 Å². The van der Waals surface area contributed by atoms with E-state index in [0.717, 1.165) is 22.7 Å². The van der Waals surface area contributed by atoms with Gasteiger partial charge in [-0.15, -0.1) is 11.3 Å². The van der Waals surface area contributed by atoms with Crippen LogP contribution in [0.1, 0.15) is 4.88 Å². The zero-order chi connectivity index (χ0) is 17.0. The van der Waals surface area contributed by atoms with E-state index < -0.39 is 9.85 Å². The first-order chi connectivity index (χ1) is 10.9. The first-order valence-corrected chi connectivity index (χ1v) is 8.37. The molecule has 0 unspecified atom stereocenters. The monoisotopic (exact) mass is 369 g/mol. The lowest BCUT2D eigenvalue weighted by molar-refractivity contribution is -0.396. The molecule has 0 saturated carbocycles. The lowest BCUT2D eigenvalue weighted by atomic mass is 10.3. The molecule has 1 heterocycles. The molecule has 7 nitrogen and oxygen atoms in total. The van der Waals surface area contributed by atoms with Gasteiger partial charge in [0.15, 0.2) is 0 Å². The Morgan fingerprint density at radius 1 is 1.30 bits per heavy atom. The number of non-ortho nitro benzene ring substituents is 1. The normalized spacial score (nSPS) is 10.3. The number of nitrogens with zero attached hydrogens (tertiary/aromatic N) is 3. The summed E-state index contributed by atoms with van der Waals surface area (Å²) in [5.41, 5.74) is -0.644. The van der Waals surface area contributed by atoms with Crippen molar-refractivity contribution in [3.8, 4) is 0 Å². The molecular weight excluding hydrogens is 358 g/mol. The van der Waals surface area contributed by atoms with Crippen molar-refractivity contribution < 1.29 is 9.85 Å². The van der Waals surface area contributed by atoms with Crippen LogP contribution in [0.3, 0.4) is 0 Å². The van der Waals surface area contributed by atoms with Crippen LogP contribution in [0, 0.1) is 20.2 Å². The van der Waals surface area contributed by atoms with Crippen molar-refractivity contribution in [3.63, 3.8) is 0 Å². The highest BCUT2D eigenvalue weighted by molar-refractivity contribution is 8.23. The van der Waals surface area contributed by atoms with Gasteiger partial charge in [-0.25, -0.2) is 0 Å². The number of thiophene rings is 1. The number of nitro benzene ring substituents is 2. The van der Waals surface area contributed by atoms with E-state index in [-0.39, 0.29) is 16.3 Å². The molecule has 120 valence electrons. The van der Waals surface area contributed by atoms with Gasteiger partial charge in [0.1, 0.15) is 4.32 Å². The van der Waals surface area contributed by atoms with Crippen molar-refractivity contribution in [1.82, 2.24) is 4.90 Å². The Bertz CT molecular complexity index is 749. The van der Waals surface area contributed by atoms with Gasteiger partial charge < -0.3 is 4.90 Å². The molecule has 0 amide bonds. The molecule has 0 atom stereocenters. The van der Waals surface area contributed by atoms with E-state index in [1.54, 1.807) is 23.3 Å². The fourth-order valence-electron chi connectivity index (χ4n) is 1.72. The van der Waals surface area contributed by atoms with Gasteiger partial charge in [-0.05, 0) is 17.5 Å². The van der Waals surface area contributed by atoms with Crippen LogP contribution < -0.4 is 0 Å². The predicted molar refractivity (Wildman–Crippen MR) is 94.0 cm³/mol. The maximum atomic E-state index is 11.1.